The number of nitrogens with one attached hydrogen (secondary N) is 1. The maximum atomic E-state index is 12.1. The molecular formula is C19H21N7O3S2. The minimum atomic E-state index is -0.460. The normalized spacial score (nSPS) is 18.7. The first-order valence-electron chi connectivity index (χ1n) is 9.72. The van der Waals surface area contributed by atoms with E-state index in [9.17, 15) is 9.59 Å². The number of pyridine rings is 1. The Morgan fingerprint density at radius 3 is 2.65 bits per heavy atom. The van der Waals surface area contributed by atoms with E-state index in [0.717, 1.165) is 32.0 Å². The van der Waals surface area contributed by atoms with Crippen LogP contribution in [0.15, 0.2) is 36.9 Å². The highest BCUT2D eigenvalue weighted by molar-refractivity contribution is 7.96. The number of nitrogens with zero attached hydrogens (tertiary/aromatic N) is 6. The topological polar surface area (TPSA) is 104 Å². The lowest BCUT2D eigenvalue weighted by Crippen LogP contribution is -2.48. The standard InChI is InChI=1S/C19H21N7O3S2/c27-18(31)23-10-14-12-26(19(28)29-14)13-1-2-16(22-9-13)24-5-7-25(8-6-24)17(30)15-11-20-3-4-21-15/h1-4,9,11,14H,5-8,10,12H2,(H2,23,27,31). The summed E-state index contributed by atoms with van der Waals surface area (Å²) in [4.78, 5) is 42.4. The first-order valence-corrected chi connectivity index (χ1v) is 10.6. The number of cyclic esters (lactones) is 1. The first kappa shape index (κ1) is 21.2. The van der Waals surface area contributed by atoms with Crippen molar-refractivity contribution in [3.05, 3.63) is 42.6 Å². The highest BCUT2D eigenvalue weighted by Gasteiger charge is 2.32. The van der Waals surface area contributed by atoms with Gasteiger partial charge >= 0.3 is 6.09 Å². The third-order valence-electron chi connectivity index (χ3n) is 5.07. The lowest BCUT2D eigenvalue weighted by atomic mass is 10.2. The summed E-state index contributed by atoms with van der Waals surface area (Å²) in [5.74, 6) is 0.834. The molecule has 0 aromatic carbocycles. The van der Waals surface area contributed by atoms with E-state index in [0.29, 0.717) is 22.9 Å². The number of rotatable bonds is 5. The van der Waals surface area contributed by atoms with E-state index in [1.807, 2.05) is 12.1 Å². The Hall–Kier alpha value is -2.99. The van der Waals surface area contributed by atoms with Gasteiger partial charge in [-0.3, -0.25) is 19.7 Å². The first-order chi connectivity index (χ1) is 15.0. The average Bonchev–Trinajstić information content (AvgIpc) is 3.18. The Morgan fingerprint density at radius 1 is 1.19 bits per heavy atom. The van der Waals surface area contributed by atoms with Crippen LogP contribution in [0, 0.1) is 0 Å². The van der Waals surface area contributed by atoms with Gasteiger partial charge in [0.05, 0.1) is 31.2 Å². The Kier molecular flexibility index (Phi) is 6.47. The van der Waals surface area contributed by atoms with Gasteiger partial charge in [-0.1, -0.05) is 24.8 Å². The van der Waals surface area contributed by atoms with Gasteiger partial charge in [-0.2, -0.15) is 0 Å². The minimum absolute atomic E-state index is 0.219. The monoisotopic (exact) mass is 459 g/mol. The van der Waals surface area contributed by atoms with Crippen LogP contribution in [0.25, 0.3) is 0 Å². The molecule has 1 N–H and O–H groups in total. The number of amides is 2. The number of carbonyl (C=O) groups is 2. The molecule has 1 unspecified atom stereocenters. The summed E-state index contributed by atoms with van der Waals surface area (Å²) in [6.07, 6.45) is 5.72. The fraction of sp³-hybridized carbons (Fsp3) is 0.368. The summed E-state index contributed by atoms with van der Waals surface area (Å²) >= 11 is 9.19. The molecule has 162 valence electrons. The van der Waals surface area contributed by atoms with E-state index in [1.54, 1.807) is 24.8 Å². The molecule has 2 aromatic heterocycles. The van der Waals surface area contributed by atoms with Crippen LogP contribution >= 0.6 is 24.8 Å². The predicted octanol–water partition coefficient (Wildman–Crippen LogP) is 1.33. The second-order valence-electron chi connectivity index (χ2n) is 7.05. The number of thiol groups is 1. The van der Waals surface area contributed by atoms with Crippen LogP contribution < -0.4 is 15.1 Å². The van der Waals surface area contributed by atoms with E-state index >= 15 is 0 Å². The van der Waals surface area contributed by atoms with E-state index < -0.39 is 17.4 Å². The number of carbonyl (C=O) groups excluding carboxylic acids is 2. The molecule has 0 bridgehead atoms. The predicted molar refractivity (Wildman–Crippen MR) is 122 cm³/mol. The molecule has 0 radical (unpaired) electrons. The highest BCUT2D eigenvalue weighted by atomic mass is 32.1. The van der Waals surface area contributed by atoms with Crippen molar-refractivity contribution in [3.63, 3.8) is 0 Å². The SMILES string of the molecule is O=C(S)NCC1CN(c2ccc(N3CCN(C(=S)c4cnccn4)CC3)nc2)C(=O)O1. The molecule has 2 fully saturated rings. The molecule has 1 atom stereocenters. The lowest BCUT2D eigenvalue weighted by molar-refractivity contribution is 0.141. The molecule has 4 heterocycles. The van der Waals surface area contributed by atoms with Crippen LogP contribution in [0.4, 0.5) is 21.1 Å². The fourth-order valence-electron chi connectivity index (χ4n) is 3.47. The van der Waals surface area contributed by atoms with Gasteiger partial charge in [-0.25, -0.2) is 9.78 Å². The molecule has 2 amide bonds. The van der Waals surface area contributed by atoms with Crippen molar-refractivity contribution in [2.24, 2.45) is 0 Å². The summed E-state index contributed by atoms with van der Waals surface area (Å²) in [7, 11) is 0. The van der Waals surface area contributed by atoms with Crippen LogP contribution in [0.5, 0.6) is 0 Å². The number of hydrogen-bond acceptors (Lipinski definition) is 8. The zero-order valence-corrected chi connectivity index (χ0v) is 18.3. The molecule has 31 heavy (non-hydrogen) atoms. The maximum Gasteiger partial charge on any atom is 0.414 e. The van der Waals surface area contributed by atoms with E-state index in [-0.39, 0.29) is 6.54 Å². The third-order valence-corrected chi connectivity index (χ3v) is 5.70. The molecule has 2 aliphatic rings. The minimum Gasteiger partial charge on any atom is -0.442 e. The zero-order valence-electron chi connectivity index (χ0n) is 16.5. The zero-order chi connectivity index (χ0) is 21.8. The maximum absolute atomic E-state index is 12.1. The van der Waals surface area contributed by atoms with Crippen LogP contribution in [-0.4, -0.2) is 81.5 Å². The van der Waals surface area contributed by atoms with Crippen molar-refractivity contribution in [1.29, 1.82) is 0 Å². The highest BCUT2D eigenvalue weighted by Crippen LogP contribution is 2.23. The van der Waals surface area contributed by atoms with Gasteiger partial charge in [-0.15, -0.1) is 0 Å². The number of thiocarbonyl (C=S) groups is 1. The van der Waals surface area contributed by atoms with Crippen molar-refractivity contribution >= 4 is 52.7 Å². The van der Waals surface area contributed by atoms with Crippen molar-refractivity contribution in [2.45, 2.75) is 6.10 Å². The van der Waals surface area contributed by atoms with Gasteiger partial charge in [0, 0.05) is 38.6 Å². The van der Waals surface area contributed by atoms with Gasteiger partial charge in [0.25, 0.3) is 5.24 Å². The van der Waals surface area contributed by atoms with Crippen LogP contribution in [0.2, 0.25) is 0 Å². The summed E-state index contributed by atoms with van der Waals surface area (Å²) in [6.45, 7) is 3.61. The Morgan fingerprint density at radius 2 is 2.00 bits per heavy atom. The molecule has 10 nitrogen and oxygen atoms in total. The summed E-state index contributed by atoms with van der Waals surface area (Å²) < 4.78 is 5.27. The van der Waals surface area contributed by atoms with E-state index in [1.165, 1.54) is 4.90 Å². The van der Waals surface area contributed by atoms with Gasteiger partial charge in [0.1, 0.15) is 22.6 Å². The van der Waals surface area contributed by atoms with E-state index in [4.69, 9.17) is 17.0 Å². The quantitative estimate of drug-likeness (QED) is 0.506. The van der Waals surface area contributed by atoms with Crippen molar-refractivity contribution in [1.82, 2.24) is 25.2 Å². The summed E-state index contributed by atoms with van der Waals surface area (Å²) in [6, 6.07) is 3.74. The molecule has 12 heteroatoms. The second-order valence-corrected chi connectivity index (χ2v) is 7.84. The fourth-order valence-corrected chi connectivity index (χ4v) is 3.85. The molecule has 0 spiro atoms. The Labute approximate surface area is 190 Å². The number of hydrogen-bond donors (Lipinski definition) is 2. The Bertz CT molecular complexity index is 953. The summed E-state index contributed by atoms with van der Waals surface area (Å²) in [5, 5.41) is 2.07. The van der Waals surface area contributed by atoms with Gasteiger partial charge < -0.3 is 19.9 Å². The van der Waals surface area contributed by atoms with Gasteiger partial charge in [-0.05, 0) is 12.1 Å². The molecule has 2 aliphatic heterocycles. The van der Waals surface area contributed by atoms with Gasteiger partial charge in [0.15, 0.2) is 0 Å². The van der Waals surface area contributed by atoms with Crippen LogP contribution in [-0.2, 0) is 4.74 Å². The molecular weight excluding hydrogens is 438 g/mol. The van der Waals surface area contributed by atoms with E-state index in [2.05, 4.69) is 42.7 Å². The van der Waals surface area contributed by atoms with Crippen LogP contribution in [0.1, 0.15) is 5.69 Å². The molecule has 2 saturated heterocycles. The third kappa shape index (κ3) is 5.02. The second kappa shape index (κ2) is 9.43. The van der Waals surface area contributed by atoms with Crippen molar-refractivity contribution < 1.29 is 14.3 Å². The molecule has 2 aromatic rings. The van der Waals surface area contributed by atoms with Gasteiger partial charge in [0.2, 0.25) is 0 Å². The van der Waals surface area contributed by atoms with Crippen molar-refractivity contribution in [3.8, 4) is 0 Å². The number of ether oxygens (including phenoxy) is 1. The largest absolute Gasteiger partial charge is 0.442 e. The average molecular weight is 460 g/mol. The Balaban J connectivity index is 1.32. The number of piperazine rings is 1. The smallest absolute Gasteiger partial charge is 0.414 e. The molecule has 0 saturated carbocycles. The van der Waals surface area contributed by atoms with Crippen LogP contribution in [0.3, 0.4) is 0 Å². The molecule has 0 aliphatic carbocycles. The molecule has 4 rings (SSSR count). The number of aromatic nitrogens is 3. The lowest BCUT2D eigenvalue weighted by Gasteiger charge is -2.36. The van der Waals surface area contributed by atoms with Crippen molar-refractivity contribution in [2.75, 3.05) is 49.1 Å². The summed E-state index contributed by atoms with van der Waals surface area (Å²) in [5.41, 5.74) is 1.36. The number of anilines is 2.